The van der Waals surface area contributed by atoms with Crippen LogP contribution in [0.4, 0.5) is 0 Å². The van der Waals surface area contributed by atoms with E-state index in [1.54, 1.807) is 6.08 Å². The highest BCUT2D eigenvalue weighted by Crippen LogP contribution is 2.04. The molecule has 0 aliphatic heterocycles. The summed E-state index contributed by atoms with van der Waals surface area (Å²) in [7, 11) is 0. The lowest BCUT2D eigenvalue weighted by molar-refractivity contribution is 1.08. The molecule has 1 rings (SSSR count). The van der Waals surface area contributed by atoms with E-state index in [-0.39, 0.29) is 0 Å². The molecule has 0 amide bonds. The van der Waals surface area contributed by atoms with Crippen LogP contribution in [0.1, 0.15) is 6.42 Å². The zero-order chi connectivity index (χ0) is 5.98. The summed E-state index contributed by atoms with van der Waals surface area (Å²) in [6, 6.07) is 0. The van der Waals surface area contributed by atoms with Gasteiger partial charge in [-0.2, -0.15) is 0 Å². The van der Waals surface area contributed by atoms with E-state index in [0.717, 1.165) is 0 Å². The molecule has 0 aromatic carbocycles. The largest absolute Gasteiger partial charge is 0.400 e. The maximum atomic E-state index is 7.09. The van der Waals surface area contributed by atoms with Crippen LogP contribution in [-0.2, 0) is 0 Å². The van der Waals surface area contributed by atoms with Crippen molar-refractivity contribution in [3.63, 3.8) is 0 Å². The maximum Gasteiger partial charge on any atom is 0.0807 e. The third kappa shape index (κ3) is 0.745. The second-order valence-electron chi connectivity index (χ2n) is 1.66. The summed E-state index contributed by atoms with van der Waals surface area (Å²) in [6.07, 6.45) is 4.06. The van der Waals surface area contributed by atoms with Crippen LogP contribution in [0.3, 0.4) is 0 Å². The zero-order valence-corrected chi connectivity index (χ0v) is 4.44. The molecule has 0 bridgehead atoms. The summed E-state index contributed by atoms with van der Waals surface area (Å²) in [6.45, 7) is 0. The summed E-state index contributed by atoms with van der Waals surface area (Å²) >= 11 is 0. The van der Waals surface area contributed by atoms with Crippen LogP contribution in [0.15, 0.2) is 29.3 Å². The van der Waals surface area contributed by atoms with Crippen LogP contribution in [0.2, 0.25) is 0 Å². The van der Waals surface area contributed by atoms with E-state index < -0.39 is 0 Å². The molecule has 41 valence electrons. The molecular formula is C6H7N2. The lowest BCUT2D eigenvalue weighted by Crippen LogP contribution is -2.02. The highest BCUT2D eigenvalue weighted by molar-refractivity contribution is 5.25. The Labute approximate surface area is 48.2 Å². The first kappa shape index (κ1) is 5.01. The first-order valence-corrected chi connectivity index (χ1v) is 2.42. The van der Waals surface area contributed by atoms with Gasteiger partial charge in [0.2, 0.25) is 0 Å². The van der Waals surface area contributed by atoms with Crippen LogP contribution < -0.4 is 11.5 Å². The Kier molecular flexibility index (Phi) is 1.10. The van der Waals surface area contributed by atoms with Gasteiger partial charge in [-0.15, -0.1) is 5.73 Å². The SMILES string of the molecule is [NH]C1=C(N)CC=C=C1. The molecule has 2 nitrogen and oxygen atoms in total. The van der Waals surface area contributed by atoms with Gasteiger partial charge in [-0.05, 0) is 6.08 Å². The molecule has 0 heterocycles. The van der Waals surface area contributed by atoms with Gasteiger partial charge in [0.05, 0.1) is 5.70 Å². The van der Waals surface area contributed by atoms with E-state index in [0.29, 0.717) is 17.8 Å². The Morgan fingerprint density at radius 3 is 2.88 bits per heavy atom. The Bertz CT molecular complexity index is 183. The van der Waals surface area contributed by atoms with E-state index in [9.17, 15) is 0 Å². The maximum absolute atomic E-state index is 7.09. The Morgan fingerprint density at radius 2 is 2.50 bits per heavy atom. The molecule has 0 aromatic heterocycles. The predicted octanol–water partition coefficient (Wildman–Crippen LogP) is 0.555. The zero-order valence-electron chi connectivity index (χ0n) is 4.44. The lowest BCUT2D eigenvalue weighted by atomic mass is 10.2. The predicted molar refractivity (Wildman–Crippen MR) is 31.6 cm³/mol. The average molecular weight is 107 g/mol. The molecule has 1 radical (unpaired) electrons. The van der Waals surface area contributed by atoms with E-state index in [2.05, 4.69) is 5.73 Å². The summed E-state index contributed by atoms with van der Waals surface area (Å²) in [5.41, 5.74) is 16.3. The van der Waals surface area contributed by atoms with Gasteiger partial charge in [-0.1, -0.05) is 0 Å². The number of allylic oxidation sites excluding steroid dienone is 2. The van der Waals surface area contributed by atoms with Gasteiger partial charge >= 0.3 is 0 Å². The molecule has 0 saturated heterocycles. The van der Waals surface area contributed by atoms with Crippen molar-refractivity contribution in [2.24, 2.45) is 5.73 Å². The van der Waals surface area contributed by atoms with Gasteiger partial charge in [0.15, 0.2) is 0 Å². The second kappa shape index (κ2) is 1.76. The van der Waals surface area contributed by atoms with Gasteiger partial charge in [0.25, 0.3) is 0 Å². The number of hydrogen-bond donors (Lipinski definition) is 1. The molecule has 0 fully saturated rings. The second-order valence-corrected chi connectivity index (χ2v) is 1.66. The topological polar surface area (TPSA) is 49.8 Å². The van der Waals surface area contributed by atoms with Crippen LogP contribution in [-0.4, -0.2) is 0 Å². The monoisotopic (exact) mass is 107 g/mol. The molecule has 0 aromatic rings. The molecule has 8 heavy (non-hydrogen) atoms. The Hall–Kier alpha value is -1.14. The van der Waals surface area contributed by atoms with Crippen molar-refractivity contribution in [1.29, 1.82) is 0 Å². The summed E-state index contributed by atoms with van der Waals surface area (Å²) in [4.78, 5) is 0. The summed E-state index contributed by atoms with van der Waals surface area (Å²) in [5.74, 6) is 0. The quantitative estimate of drug-likeness (QED) is 0.451. The lowest BCUT2D eigenvalue weighted by Gasteiger charge is -1.99. The molecule has 0 spiro atoms. The fraction of sp³-hybridized carbons (Fsp3) is 0.167. The van der Waals surface area contributed by atoms with Crippen LogP contribution >= 0.6 is 0 Å². The number of nitrogens with one attached hydrogen (secondary N) is 1. The van der Waals surface area contributed by atoms with Gasteiger partial charge in [0.1, 0.15) is 0 Å². The van der Waals surface area contributed by atoms with Crippen molar-refractivity contribution in [3.8, 4) is 0 Å². The van der Waals surface area contributed by atoms with Gasteiger partial charge < -0.3 is 5.73 Å². The van der Waals surface area contributed by atoms with E-state index in [1.807, 2.05) is 6.08 Å². The molecule has 1 aliphatic rings. The van der Waals surface area contributed by atoms with Crippen molar-refractivity contribution in [2.45, 2.75) is 6.42 Å². The average Bonchev–Trinajstić information content (AvgIpc) is 1.77. The molecule has 0 unspecified atom stereocenters. The third-order valence-electron chi connectivity index (χ3n) is 1.01. The van der Waals surface area contributed by atoms with E-state index in [4.69, 9.17) is 11.5 Å². The minimum Gasteiger partial charge on any atom is -0.400 e. The first-order valence-electron chi connectivity index (χ1n) is 2.42. The fourth-order valence-electron chi connectivity index (χ4n) is 0.514. The number of hydrogen-bond acceptors (Lipinski definition) is 1. The third-order valence-corrected chi connectivity index (χ3v) is 1.01. The van der Waals surface area contributed by atoms with Crippen molar-refractivity contribution >= 4 is 0 Å². The Morgan fingerprint density at radius 1 is 1.75 bits per heavy atom. The van der Waals surface area contributed by atoms with Gasteiger partial charge in [-0.25, -0.2) is 0 Å². The van der Waals surface area contributed by atoms with Gasteiger partial charge in [0, 0.05) is 18.2 Å². The smallest absolute Gasteiger partial charge is 0.0807 e. The summed E-state index contributed by atoms with van der Waals surface area (Å²) < 4.78 is 0. The highest BCUT2D eigenvalue weighted by atomic mass is 14.7. The van der Waals surface area contributed by atoms with Crippen LogP contribution in [0.5, 0.6) is 0 Å². The molecule has 2 heteroatoms. The van der Waals surface area contributed by atoms with Crippen molar-refractivity contribution in [1.82, 2.24) is 5.73 Å². The van der Waals surface area contributed by atoms with Crippen LogP contribution in [0, 0.1) is 0 Å². The highest BCUT2D eigenvalue weighted by Gasteiger charge is 1.95. The van der Waals surface area contributed by atoms with Crippen molar-refractivity contribution < 1.29 is 0 Å². The van der Waals surface area contributed by atoms with Crippen molar-refractivity contribution in [2.75, 3.05) is 0 Å². The molecule has 3 N–H and O–H groups in total. The molecule has 0 atom stereocenters. The Balaban J connectivity index is 2.93. The van der Waals surface area contributed by atoms with Crippen LogP contribution in [0.25, 0.3) is 0 Å². The molecule has 1 aliphatic carbocycles. The fourth-order valence-corrected chi connectivity index (χ4v) is 0.514. The minimum absolute atomic E-state index is 0.396. The minimum atomic E-state index is 0.396. The van der Waals surface area contributed by atoms with E-state index in [1.165, 1.54) is 0 Å². The number of nitrogens with two attached hydrogens (primary N) is 1. The normalized spacial score (nSPS) is 17.5. The van der Waals surface area contributed by atoms with Gasteiger partial charge in [-0.3, -0.25) is 5.73 Å². The summed E-state index contributed by atoms with van der Waals surface area (Å²) in [5, 5.41) is 0. The standard InChI is InChI=1S/C6H7N2/c7-5-3-1-2-4-6(5)8/h1,4,8H,3,7H2. The van der Waals surface area contributed by atoms with Crippen molar-refractivity contribution in [3.05, 3.63) is 29.3 Å². The first-order chi connectivity index (χ1) is 3.80. The molecular weight excluding hydrogens is 100 g/mol. The molecule has 0 saturated carbocycles. The number of rotatable bonds is 0. The van der Waals surface area contributed by atoms with E-state index >= 15 is 0 Å².